The summed E-state index contributed by atoms with van der Waals surface area (Å²) in [5.41, 5.74) is 1.01. The zero-order valence-electron chi connectivity index (χ0n) is 11.1. The maximum atomic E-state index is 13.3. The van der Waals surface area contributed by atoms with E-state index in [0.717, 1.165) is 25.8 Å². The highest BCUT2D eigenvalue weighted by molar-refractivity contribution is 9.11. The van der Waals surface area contributed by atoms with Gasteiger partial charge in [-0.2, -0.15) is 4.31 Å². The molecule has 0 atom stereocenters. The van der Waals surface area contributed by atoms with Crippen LogP contribution in [-0.2, 0) is 23.2 Å². The van der Waals surface area contributed by atoms with E-state index in [9.17, 15) is 17.9 Å². The number of aliphatic hydroxyl groups excluding tert-OH is 1. The van der Waals surface area contributed by atoms with Crippen LogP contribution in [0.15, 0.2) is 38.3 Å². The second-order valence-electron chi connectivity index (χ2n) is 4.43. The first kappa shape index (κ1) is 16.6. The standard InChI is InChI=1S/C13H13BrFNO3S2/c1-16(6-9-4-13(14)20-8-9)21(18,19)12-5-11(15)3-2-10(12)7-17/h2-5,8,17H,6-7H2,1H3. The summed E-state index contributed by atoms with van der Waals surface area (Å²) in [4.78, 5) is -0.207. The molecule has 0 saturated heterocycles. The van der Waals surface area contributed by atoms with Gasteiger partial charge in [-0.15, -0.1) is 11.3 Å². The summed E-state index contributed by atoms with van der Waals surface area (Å²) in [5, 5.41) is 11.1. The molecule has 4 nitrogen and oxygen atoms in total. The third-order valence-corrected chi connectivity index (χ3v) is 6.35. The average molecular weight is 394 g/mol. The molecule has 0 spiro atoms. The molecule has 1 heterocycles. The predicted octanol–water partition coefficient (Wildman–Crippen LogP) is 2.96. The number of sulfonamides is 1. The van der Waals surface area contributed by atoms with E-state index in [1.54, 1.807) is 0 Å². The summed E-state index contributed by atoms with van der Waals surface area (Å²) in [7, 11) is -2.45. The molecule has 1 N–H and O–H groups in total. The number of benzene rings is 1. The lowest BCUT2D eigenvalue weighted by Crippen LogP contribution is -2.27. The van der Waals surface area contributed by atoms with Crippen molar-refractivity contribution in [1.29, 1.82) is 0 Å². The lowest BCUT2D eigenvalue weighted by atomic mass is 10.2. The van der Waals surface area contributed by atoms with Crippen LogP contribution in [0.2, 0.25) is 0 Å². The molecular formula is C13H13BrFNO3S2. The first-order valence-corrected chi connectivity index (χ1v) is 9.04. The maximum Gasteiger partial charge on any atom is 0.243 e. The minimum atomic E-state index is -3.87. The molecular weight excluding hydrogens is 381 g/mol. The summed E-state index contributed by atoms with van der Waals surface area (Å²) in [6.45, 7) is -0.293. The Bertz CT molecular complexity index is 746. The van der Waals surface area contributed by atoms with E-state index < -0.39 is 22.4 Å². The topological polar surface area (TPSA) is 57.6 Å². The fourth-order valence-corrected chi connectivity index (χ4v) is 4.42. The van der Waals surface area contributed by atoms with E-state index in [2.05, 4.69) is 15.9 Å². The maximum absolute atomic E-state index is 13.3. The van der Waals surface area contributed by atoms with Crippen molar-refractivity contribution in [2.45, 2.75) is 18.0 Å². The van der Waals surface area contributed by atoms with Gasteiger partial charge in [0, 0.05) is 13.6 Å². The van der Waals surface area contributed by atoms with Crippen LogP contribution < -0.4 is 0 Å². The molecule has 0 saturated carbocycles. The fraction of sp³-hybridized carbons (Fsp3) is 0.231. The zero-order valence-corrected chi connectivity index (χ0v) is 14.3. The Morgan fingerprint density at radius 2 is 2.10 bits per heavy atom. The van der Waals surface area contributed by atoms with Gasteiger partial charge in [0.2, 0.25) is 10.0 Å². The Labute approximate surface area is 135 Å². The SMILES string of the molecule is CN(Cc1csc(Br)c1)S(=O)(=O)c1cc(F)ccc1CO. The number of hydrogen-bond donors (Lipinski definition) is 1. The number of nitrogens with zero attached hydrogens (tertiary/aromatic N) is 1. The largest absolute Gasteiger partial charge is 0.392 e. The Morgan fingerprint density at radius 3 is 2.67 bits per heavy atom. The Hall–Kier alpha value is -0.800. The lowest BCUT2D eigenvalue weighted by molar-refractivity contribution is 0.278. The molecule has 2 aromatic rings. The normalized spacial score (nSPS) is 12.0. The zero-order chi connectivity index (χ0) is 15.6. The monoisotopic (exact) mass is 393 g/mol. The van der Waals surface area contributed by atoms with Crippen LogP contribution in [0.1, 0.15) is 11.1 Å². The van der Waals surface area contributed by atoms with Gasteiger partial charge in [-0.05, 0) is 50.6 Å². The minimum Gasteiger partial charge on any atom is -0.392 e. The molecule has 21 heavy (non-hydrogen) atoms. The Morgan fingerprint density at radius 1 is 1.38 bits per heavy atom. The second-order valence-corrected chi connectivity index (χ2v) is 8.73. The number of thiophene rings is 1. The highest BCUT2D eigenvalue weighted by atomic mass is 79.9. The summed E-state index contributed by atoms with van der Waals surface area (Å²) in [5.74, 6) is -0.655. The van der Waals surface area contributed by atoms with Crippen molar-refractivity contribution < 1.29 is 17.9 Å². The van der Waals surface area contributed by atoms with Crippen molar-refractivity contribution in [1.82, 2.24) is 4.31 Å². The van der Waals surface area contributed by atoms with Crippen molar-refractivity contribution >= 4 is 37.3 Å². The summed E-state index contributed by atoms with van der Waals surface area (Å²) < 4.78 is 40.4. The number of hydrogen-bond acceptors (Lipinski definition) is 4. The third kappa shape index (κ3) is 3.70. The average Bonchev–Trinajstić information content (AvgIpc) is 2.84. The smallest absolute Gasteiger partial charge is 0.243 e. The van der Waals surface area contributed by atoms with Gasteiger partial charge in [0.25, 0.3) is 0 Å². The van der Waals surface area contributed by atoms with Gasteiger partial charge < -0.3 is 5.11 Å². The van der Waals surface area contributed by atoms with Crippen LogP contribution in [0.25, 0.3) is 0 Å². The quantitative estimate of drug-likeness (QED) is 0.849. The van der Waals surface area contributed by atoms with Crippen molar-refractivity contribution in [3.63, 3.8) is 0 Å². The second kappa shape index (κ2) is 6.53. The van der Waals surface area contributed by atoms with E-state index in [0.29, 0.717) is 0 Å². The van der Waals surface area contributed by atoms with Gasteiger partial charge in [0.05, 0.1) is 15.3 Å². The molecule has 0 aliphatic heterocycles. The molecule has 114 valence electrons. The summed E-state index contributed by atoms with van der Waals surface area (Å²) in [6.07, 6.45) is 0. The fourth-order valence-electron chi connectivity index (χ4n) is 1.84. The van der Waals surface area contributed by atoms with E-state index in [1.807, 2.05) is 11.4 Å². The molecule has 8 heteroatoms. The Balaban J connectivity index is 2.35. The van der Waals surface area contributed by atoms with Crippen molar-refractivity contribution in [2.24, 2.45) is 0 Å². The van der Waals surface area contributed by atoms with E-state index in [-0.39, 0.29) is 17.0 Å². The molecule has 0 unspecified atom stereocenters. The van der Waals surface area contributed by atoms with E-state index in [4.69, 9.17) is 0 Å². The van der Waals surface area contributed by atoms with Gasteiger partial charge in [-0.25, -0.2) is 12.8 Å². The lowest BCUT2D eigenvalue weighted by Gasteiger charge is -2.18. The van der Waals surface area contributed by atoms with Crippen LogP contribution in [-0.4, -0.2) is 24.9 Å². The minimum absolute atomic E-state index is 0.172. The van der Waals surface area contributed by atoms with Crippen molar-refractivity contribution in [3.8, 4) is 0 Å². The number of halogens is 2. The van der Waals surface area contributed by atoms with Crippen LogP contribution >= 0.6 is 27.3 Å². The highest BCUT2D eigenvalue weighted by Crippen LogP contribution is 2.25. The summed E-state index contributed by atoms with van der Waals surface area (Å²) >= 11 is 4.78. The van der Waals surface area contributed by atoms with Gasteiger partial charge in [-0.3, -0.25) is 0 Å². The molecule has 0 fully saturated rings. The van der Waals surface area contributed by atoms with Crippen LogP contribution in [0.3, 0.4) is 0 Å². The van der Waals surface area contributed by atoms with Crippen molar-refractivity contribution in [3.05, 3.63) is 50.4 Å². The van der Waals surface area contributed by atoms with Crippen LogP contribution in [0, 0.1) is 5.82 Å². The van der Waals surface area contributed by atoms with Crippen molar-refractivity contribution in [2.75, 3.05) is 7.05 Å². The summed E-state index contributed by atoms with van der Waals surface area (Å²) in [6, 6.07) is 5.16. The van der Waals surface area contributed by atoms with E-state index in [1.165, 1.54) is 24.5 Å². The number of aliphatic hydroxyl groups is 1. The van der Waals surface area contributed by atoms with Gasteiger partial charge in [0.1, 0.15) is 5.82 Å². The van der Waals surface area contributed by atoms with Gasteiger partial charge in [-0.1, -0.05) is 6.07 Å². The molecule has 1 aromatic heterocycles. The molecule has 0 radical (unpaired) electrons. The Kier molecular flexibility index (Phi) is 5.15. The molecule has 0 aliphatic carbocycles. The molecule has 0 bridgehead atoms. The molecule has 2 rings (SSSR count). The third-order valence-electron chi connectivity index (χ3n) is 2.91. The molecule has 1 aromatic carbocycles. The number of rotatable bonds is 5. The highest BCUT2D eigenvalue weighted by Gasteiger charge is 2.24. The first-order chi connectivity index (χ1) is 9.84. The first-order valence-electron chi connectivity index (χ1n) is 5.93. The van der Waals surface area contributed by atoms with Crippen LogP contribution in [0.4, 0.5) is 4.39 Å². The predicted molar refractivity (Wildman–Crippen MR) is 83.0 cm³/mol. The van der Waals surface area contributed by atoms with Gasteiger partial charge in [0.15, 0.2) is 0 Å². The van der Waals surface area contributed by atoms with Crippen LogP contribution in [0.5, 0.6) is 0 Å². The van der Waals surface area contributed by atoms with E-state index >= 15 is 0 Å². The molecule has 0 aliphatic rings. The molecule has 0 amide bonds. The van der Waals surface area contributed by atoms with Gasteiger partial charge >= 0.3 is 0 Å².